The van der Waals surface area contributed by atoms with E-state index in [2.05, 4.69) is 25.8 Å². The first-order valence-corrected chi connectivity index (χ1v) is 15.6. The molecule has 0 radical (unpaired) electrons. The number of fused-ring (bicyclic) bond motifs is 5. The van der Waals surface area contributed by atoms with E-state index in [1.165, 1.54) is 12.3 Å². The average Bonchev–Trinajstić information content (AvgIpc) is 3.69. The number of nitrogens with zero attached hydrogens (tertiary/aromatic N) is 5. The summed E-state index contributed by atoms with van der Waals surface area (Å²) < 4.78 is 100. The summed E-state index contributed by atoms with van der Waals surface area (Å²) in [6, 6.07) is 3.56. The SMILES string of the molecule is C#Cc1c(F)ccc2cc(C(F)(F)F)cc(-c3ncc4c(N5C[C@H]6CC[C@@H](C5)O6)nc(OC[C@@]56CCCN5C[C@H](F)C6)nc4c3F)c12. The Kier molecular flexibility index (Phi) is 7.04. The third-order valence-electron chi connectivity index (χ3n) is 10.0. The lowest BCUT2D eigenvalue weighted by Gasteiger charge is -2.34. The van der Waals surface area contributed by atoms with Crippen molar-refractivity contribution >= 4 is 27.5 Å². The van der Waals surface area contributed by atoms with Crippen molar-refractivity contribution in [1.29, 1.82) is 0 Å². The highest BCUT2D eigenvalue weighted by atomic mass is 19.4. The second-order valence-corrected chi connectivity index (χ2v) is 12.9. The van der Waals surface area contributed by atoms with E-state index in [4.69, 9.17) is 15.9 Å². The van der Waals surface area contributed by atoms with Crippen molar-refractivity contribution in [1.82, 2.24) is 19.9 Å². The van der Waals surface area contributed by atoms with Gasteiger partial charge in [0.05, 0.1) is 34.3 Å². The number of morpholine rings is 1. The molecule has 0 N–H and O–H groups in total. The molecular formula is C34H29F6N5O2. The van der Waals surface area contributed by atoms with Crippen LogP contribution in [0.3, 0.4) is 0 Å². The third kappa shape index (κ3) is 5.04. The Hall–Kier alpha value is -4.15. The number of benzene rings is 2. The van der Waals surface area contributed by atoms with Gasteiger partial charge in [-0.05, 0) is 55.8 Å². The Morgan fingerprint density at radius 1 is 1.09 bits per heavy atom. The Morgan fingerprint density at radius 2 is 1.87 bits per heavy atom. The van der Waals surface area contributed by atoms with Crippen LogP contribution in [0, 0.1) is 24.0 Å². The van der Waals surface area contributed by atoms with Crippen LogP contribution in [0.4, 0.5) is 32.2 Å². The lowest BCUT2D eigenvalue weighted by atomic mass is 9.93. The number of hydrogen-bond acceptors (Lipinski definition) is 7. The summed E-state index contributed by atoms with van der Waals surface area (Å²) in [6.07, 6.45) is 4.71. The number of terminal acetylenes is 1. The molecule has 2 aromatic heterocycles. The molecule has 4 atom stereocenters. The van der Waals surface area contributed by atoms with Crippen LogP contribution in [0.5, 0.6) is 6.01 Å². The lowest BCUT2D eigenvalue weighted by Crippen LogP contribution is -2.44. The molecule has 244 valence electrons. The van der Waals surface area contributed by atoms with Crippen molar-refractivity contribution in [2.75, 3.05) is 37.7 Å². The molecule has 0 aliphatic carbocycles. The van der Waals surface area contributed by atoms with E-state index in [1.54, 1.807) is 0 Å². The van der Waals surface area contributed by atoms with E-state index in [1.807, 2.05) is 4.90 Å². The van der Waals surface area contributed by atoms with Crippen LogP contribution in [0.25, 0.3) is 32.9 Å². The standard InChI is InChI=1S/C34H29F6N5O2/c1-2-23-26(36)7-4-18-10-19(34(38,39)40)11-24(27(18)23)29-28(37)30-25(13-41-29)31(44-15-21-5-6-22(16-44)47-21)43-32(42-30)46-17-33-8-3-9-45(33)14-20(35)12-33/h1,4,7,10-11,13,20-22H,3,5-6,8-9,12,14-17H2/t20-,21-,22+,33+/m1/s1. The molecule has 47 heavy (non-hydrogen) atoms. The van der Waals surface area contributed by atoms with E-state index in [9.17, 15) is 22.0 Å². The van der Waals surface area contributed by atoms with Gasteiger partial charge in [-0.2, -0.15) is 23.1 Å². The smallest absolute Gasteiger partial charge is 0.416 e. The molecule has 8 rings (SSSR count). The number of hydrogen-bond donors (Lipinski definition) is 0. The van der Waals surface area contributed by atoms with Crippen molar-refractivity contribution in [3.8, 4) is 29.6 Å². The van der Waals surface area contributed by atoms with Gasteiger partial charge in [-0.1, -0.05) is 12.0 Å². The van der Waals surface area contributed by atoms with Gasteiger partial charge in [0.25, 0.3) is 0 Å². The van der Waals surface area contributed by atoms with Crippen molar-refractivity contribution in [2.45, 2.75) is 62.2 Å². The Morgan fingerprint density at radius 3 is 2.62 bits per heavy atom. The normalized spacial score (nSPS) is 25.9. The fourth-order valence-corrected chi connectivity index (χ4v) is 7.88. The van der Waals surface area contributed by atoms with Gasteiger partial charge in [-0.3, -0.25) is 9.88 Å². The van der Waals surface area contributed by atoms with E-state index < -0.39 is 40.8 Å². The van der Waals surface area contributed by atoms with Crippen molar-refractivity contribution < 1.29 is 35.8 Å². The molecule has 4 fully saturated rings. The summed E-state index contributed by atoms with van der Waals surface area (Å²) in [5.41, 5.74) is -2.94. The Balaban J connectivity index is 1.30. The second kappa shape index (κ2) is 11.0. The number of anilines is 1. The maximum Gasteiger partial charge on any atom is 0.416 e. The van der Waals surface area contributed by atoms with Crippen molar-refractivity contribution in [3.05, 3.63) is 53.2 Å². The van der Waals surface area contributed by atoms with Crippen LogP contribution in [-0.2, 0) is 10.9 Å². The van der Waals surface area contributed by atoms with Crippen LogP contribution in [-0.4, -0.2) is 76.6 Å². The van der Waals surface area contributed by atoms with Gasteiger partial charge in [0, 0.05) is 43.2 Å². The number of pyridine rings is 1. The molecule has 7 nitrogen and oxygen atoms in total. The molecule has 0 spiro atoms. The predicted octanol–water partition coefficient (Wildman–Crippen LogP) is 6.45. The van der Waals surface area contributed by atoms with E-state index in [0.717, 1.165) is 50.4 Å². The number of ether oxygens (including phenoxy) is 2. The molecule has 0 unspecified atom stereocenters. The van der Waals surface area contributed by atoms with E-state index >= 15 is 4.39 Å². The monoisotopic (exact) mass is 653 g/mol. The zero-order valence-corrected chi connectivity index (χ0v) is 25.1. The average molecular weight is 654 g/mol. The second-order valence-electron chi connectivity index (χ2n) is 12.9. The van der Waals surface area contributed by atoms with Crippen LogP contribution in [0.1, 0.15) is 43.2 Å². The fourth-order valence-electron chi connectivity index (χ4n) is 7.88. The molecule has 6 heterocycles. The van der Waals surface area contributed by atoms with Crippen LogP contribution in [0.15, 0.2) is 30.5 Å². The zero-order valence-electron chi connectivity index (χ0n) is 25.1. The minimum absolute atomic E-state index is 0.0234. The van der Waals surface area contributed by atoms with Gasteiger partial charge < -0.3 is 14.4 Å². The topological polar surface area (TPSA) is 63.6 Å². The van der Waals surface area contributed by atoms with Gasteiger partial charge in [0.2, 0.25) is 0 Å². The molecule has 4 aromatic rings. The summed E-state index contributed by atoms with van der Waals surface area (Å²) in [7, 11) is 0. The maximum absolute atomic E-state index is 16.8. The summed E-state index contributed by atoms with van der Waals surface area (Å²) in [5, 5.41) is 0.124. The quantitative estimate of drug-likeness (QED) is 0.181. The van der Waals surface area contributed by atoms with Crippen LogP contribution < -0.4 is 9.64 Å². The highest BCUT2D eigenvalue weighted by Gasteiger charge is 2.49. The summed E-state index contributed by atoms with van der Waals surface area (Å²) in [6.45, 7) is 2.12. The summed E-state index contributed by atoms with van der Waals surface area (Å²) in [4.78, 5) is 17.4. The molecule has 13 heteroatoms. The minimum Gasteiger partial charge on any atom is -0.461 e. The summed E-state index contributed by atoms with van der Waals surface area (Å²) >= 11 is 0. The first-order valence-electron chi connectivity index (χ1n) is 15.6. The minimum atomic E-state index is -4.79. The van der Waals surface area contributed by atoms with Crippen molar-refractivity contribution in [2.24, 2.45) is 0 Å². The number of aromatic nitrogens is 3. The third-order valence-corrected chi connectivity index (χ3v) is 10.0. The van der Waals surface area contributed by atoms with Gasteiger partial charge in [-0.25, -0.2) is 13.2 Å². The van der Waals surface area contributed by atoms with E-state index in [0.29, 0.717) is 31.9 Å². The van der Waals surface area contributed by atoms with Crippen molar-refractivity contribution in [3.63, 3.8) is 0 Å². The fraction of sp³-hybridized carbons (Fsp3) is 0.441. The first-order chi connectivity index (χ1) is 22.5. The van der Waals surface area contributed by atoms with Gasteiger partial charge >= 0.3 is 12.2 Å². The molecular weight excluding hydrogens is 624 g/mol. The predicted molar refractivity (Wildman–Crippen MR) is 162 cm³/mol. The molecule has 2 bridgehead atoms. The van der Waals surface area contributed by atoms with Gasteiger partial charge in [0.15, 0.2) is 5.82 Å². The Labute approximate surface area is 265 Å². The van der Waals surface area contributed by atoms with Gasteiger partial charge in [-0.15, -0.1) is 6.42 Å². The van der Waals surface area contributed by atoms with E-state index in [-0.39, 0.29) is 57.6 Å². The molecule has 4 aliphatic heterocycles. The number of rotatable bonds is 5. The number of alkyl halides is 4. The highest BCUT2D eigenvalue weighted by molar-refractivity contribution is 6.02. The van der Waals surface area contributed by atoms with Gasteiger partial charge in [0.1, 0.15) is 35.6 Å². The maximum atomic E-state index is 16.8. The van der Waals surface area contributed by atoms with Crippen LogP contribution in [0.2, 0.25) is 0 Å². The zero-order chi connectivity index (χ0) is 32.7. The summed E-state index contributed by atoms with van der Waals surface area (Å²) in [5.74, 6) is 0.674. The highest BCUT2D eigenvalue weighted by Crippen LogP contribution is 2.43. The first kappa shape index (κ1) is 30.2. The number of halogens is 6. The molecule has 0 amide bonds. The molecule has 4 aliphatic rings. The molecule has 4 saturated heterocycles. The molecule has 2 aromatic carbocycles. The van der Waals surface area contributed by atoms with Crippen LogP contribution >= 0.6 is 0 Å². The molecule has 0 saturated carbocycles. The lowest BCUT2D eigenvalue weighted by molar-refractivity contribution is -0.137. The largest absolute Gasteiger partial charge is 0.461 e. The Bertz CT molecular complexity index is 1950.